The topological polar surface area (TPSA) is 149 Å². The van der Waals surface area contributed by atoms with Gasteiger partial charge in [-0.25, -0.2) is 0 Å². The average Bonchev–Trinajstić information content (AvgIpc) is 2.58. The van der Waals surface area contributed by atoms with E-state index in [1.807, 2.05) is 31.2 Å². The maximum absolute atomic E-state index is 10.5. The molecule has 0 aliphatic rings. The van der Waals surface area contributed by atoms with Crippen molar-refractivity contribution >= 4 is 44.6 Å². The first-order valence-corrected chi connectivity index (χ1v) is 10.7. The average molecular weight is 448 g/mol. The first kappa shape index (κ1) is 25.1. The summed E-state index contributed by atoms with van der Waals surface area (Å²) >= 11 is 6.02. The highest BCUT2D eigenvalue weighted by molar-refractivity contribution is 7.79. The Morgan fingerprint density at radius 2 is 1.79 bits per heavy atom. The minimum Gasteiger partial charge on any atom is -0.480 e. The summed E-state index contributed by atoms with van der Waals surface area (Å²) in [6.07, 6.45) is 4.77. The predicted molar refractivity (Wildman–Crippen MR) is 113 cm³/mol. The number of aliphatic carboxylic acids is 1. The molecule has 0 aliphatic heterocycles. The zero-order valence-corrected chi connectivity index (χ0v) is 17.7. The minimum atomic E-state index is -4.67. The fourth-order valence-electron chi connectivity index (χ4n) is 2.68. The van der Waals surface area contributed by atoms with Gasteiger partial charge in [0, 0.05) is 34.4 Å². The highest BCUT2D eigenvalue weighted by Crippen LogP contribution is 2.25. The van der Waals surface area contributed by atoms with Crippen LogP contribution >= 0.6 is 11.6 Å². The molecule has 0 bridgehead atoms. The SMILES string of the molecule is CC(CCCC(C)Nc1ccnc2cc(Cl)ccc12)NCC(=O)O.O=S(=O)(O)O. The van der Waals surface area contributed by atoms with Crippen LogP contribution in [-0.2, 0) is 15.2 Å². The molecular formula is C18H26ClN3O6S. The molecule has 0 amide bonds. The lowest BCUT2D eigenvalue weighted by atomic mass is 10.1. The molecule has 2 atom stereocenters. The summed E-state index contributed by atoms with van der Waals surface area (Å²) in [6, 6.07) is 8.22. The summed E-state index contributed by atoms with van der Waals surface area (Å²) < 4.78 is 31.6. The zero-order chi connectivity index (χ0) is 22.0. The lowest BCUT2D eigenvalue weighted by Gasteiger charge is -2.18. The number of pyridine rings is 1. The van der Waals surface area contributed by atoms with Crippen LogP contribution < -0.4 is 10.6 Å². The van der Waals surface area contributed by atoms with E-state index in [1.165, 1.54) is 0 Å². The van der Waals surface area contributed by atoms with Gasteiger partial charge in [0.05, 0.1) is 12.1 Å². The number of fused-ring (bicyclic) bond motifs is 1. The normalized spacial score (nSPS) is 13.3. The Bertz CT molecular complexity index is 902. The lowest BCUT2D eigenvalue weighted by Crippen LogP contribution is -2.31. The first-order valence-electron chi connectivity index (χ1n) is 8.91. The van der Waals surface area contributed by atoms with Crippen LogP contribution in [0, 0.1) is 0 Å². The van der Waals surface area contributed by atoms with E-state index in [4.69, 9.17) is 34.2 Å². The number of benzene rings is 1. The fraction of sp³-hybridized carbons (Fsp3) is 0.444. The molecule has 2 unspecified atom stereocenters. The third-order valence-electron chi connectivity index (χ3n) is 3.98. The Balaban J connectivity index is 0.000000749. The Kier molecular flexibility index (Phi) is 10.3. The van der Waals surface area contributed by atoms with Gasteiger partial charge >= 0.3 is 16.4 Å². The van der Waals surface area contributed by atoms with Gasteiger partial charge in [0.1, 0.15) is 0 Å². The molecule has 5 N–H and O–H groups in total. The fourth-order valence-corrected chi connectivity index (χ4v) is 2.84. The second-order valence-electron chi connectivity index (χ2n) is 6.62. The summed E-state index contributed by atoms with van der Waals surface area (Å²) in [4.78, 5) is 14.9. The predicted octanol–water partition coefficient (Wildman–Crippen LogP) is 3.27. The van der Waals surface area contributed by atoms with Crippen molar-refractivity contribution in [3.8, 4) is 0 Å². The van der Waals surface area contributed by atoms with Crippen molar-refractivity contribution in [2.75, 3.05) is 11.9 Å². The largest absolute Gasteiger partial charge is 0.480 e. The van der Waals surface area contributed by atoms with Gasteiger partial charge in [-0.1, -0.05) is 11.6 Å². The van der Waals surface area contributed by atoms with E-state index < -0.39 is 16.4 Å². The number of nitrogens with one attached hydrogen (secondary N) is 2. The number of rotatable bonds is 9. The summed E-state index contributed by atoms with van der Waals surface area (Å²) in [5.74, 6) is -0.818. The van der Waals surface area contributed by atoms with Crippen molar-refractivity contribution < 1.29 is 27.4 Å². The number of hydrogen-bond acceptors (Lipinski definition) is 6. The van der Waals surface area contributed by atoms with Gasteiger partial charge in [-0.3, -0.25) is 18.9 Å². The van der Waals surface area contributed by atoms with Crippen LogP contribution in [0.25, 0.3) is 10.9 Å². The van der Waals surface area contributed by atoms with Crippen LogP contribution in [0.2, 0.25) is 5.02 Å². The van der Waals surface area contributed by atoms with Gasteiger partial charge < -0.3 is 15.7 Å². The van der Waals surface area contributed by atoms with E-state index in [9.17, 15) is 4.79 Å². The summed E-state index contributed by atoms with van der Waals surface area (Å²) in [6.45, 7) is 4.18. The molecular weight excluding hydrogens is 422 g/mol. The quantitative estimate of drug-likeness (QED) is 0.365. The van der Waals surface area contributed by atoms with E-state index in [2.05, 4.69) is 22.5 Å². The van der Waals surface area contributed by atoms with Gasteiger partial charge in [0.25, 0.3) is 0 Å². The van der Waals surface area contributed by atoms with Gasteiger partial charge in [-0.05, 0) is 57.4 Å². The van der Waals surface area contributed by atoms with Crippen molar-refractivity contribution in [1.82, 2.24) is 10.3 Å². The number of carboxylic acids is 1. The van der Waals surface area contributed by atoms with Gasteiger partial charge in [-0.2, -0.15) is 8.42 Å². The van der Waals surface area contributed by atoms with Crippen LogP contribution in [-0.4, -0.2) is 52.2 Å². The Hall–Kier alpha value is -1.98. The third kappa shape index (κ3) is 11.6. The van der Waals surface area contributed by atoms with Gasteiger partial charge in [-0.15, -0.1) is 0 Å². The zero-order valence-electron chi connectivity index (χ0n) is 16.2. The van der Waals surface area contributed by atoms with Crippen molar-refractivity contribution in [3.05, 3.63) is 35.5 Å². The molecule has 0 aliphatic carbocycles. The molecule has 9 nitrogen and oxygen atoms in total. The van der Waals surface area contributed by atoms with E-state index in [-0.39, 0.29) is 12.6 Å². The molecule has 2 rings (SSSR count). The standard InChI is InChI=1S/C18H24ClN3O2.H2O4S/c1-12(21-11-18(23)24)4-3-5-13(2)22-16-8-9-20-17-10-14(19)6-7-15(16)17;1-5(2,3)4/h6-10,12-13,21H,3-5,11H2,1-2H3,(H,20,22)(H,23,24);(H2,1,2,3,4). The second kappa shape index (κ2) is 11.9. The van der Waals surface area contributed by atoms with Crippen LogP contribution in [0.3, 0.4) is 0 Å². The molecule has 0 radical (unpaired) electrons. The van der Waals surface area contributed by atoms with Crippen molar-refractivity contribution in [1.29, 1.82) is 0 Å². The molecule has 162 valence electrons. The van der Waals surface area contributed by atoms with Crippen LogP contribution in [0.4, 0.5) is 5.69 Å². The molecule has 0 spiro atoms. The molecule has 1 heterocycles. The summed E-state index contributed by atoms with van der Waals surface area (Å²) in [5.41, 5.74) is 1.94. The summed E-state index contributed by atoms with van der Waals surface area (Å²) in [5, 5.41) is 16.9. The van der Waals surface area contributed by atoms with Crippen molar-refractivity contribution in [2.24, 2.45) is 0 Å². The van der Waals surface area contributed by atoms with Crippen LogP contribution in [0.1, 0.15) is 33.1 Å². The van der Waals surface area contributed by atoms with E-state index in [0.717, 1.165) is 35.9 Å². The number of carboxylic acid groups (broad SMARTS) is 1. The maximum Gasteiger partial charge on any atom is 0.394 e. The number of carbonyl (C=O) groups is 1. The van der Waals surface area contributed by atoms with Crippen LogP contribution in [0.5, 0.6) is 0 Å². The lowest BCUT2D eigenvalue weighted by molar-refractivity contribution is -0.136. The van der Waals surface area contributed by atoms with E-state index in [1.54, 1.807) is 6.20 Å². The molecule has 0 fully saturated rings. The number of hydrogen-bond donors (Lipinski definition) is 5. The third-order valence-corrected chi connectivity index (χ3v) is 4.22. The Labute approximate surface area is 175 Å². The smallest absolute Gasteiger partial charge is 0.394 e. The minimum absolute atomic E-state index is 0.0144. The first-order chi connectivity index (χ1) is 13.5. The Morgan fingerprint density at radius 3 is 2.41 bits per heavy atom. The van der Waals surface area contributed by atoms with E-state index in [0.29, 0.717) is 11.1 Å². The highest BCUT2D eigenvalue weighted by Gasteiger charge is 2.08. The number of anilines is 1. The Morgan fingerprint density at radius 1 is 1.17 bits per heavy atom. The molecule has 1 aromatic heterocycles. The number of halogens is 1. The molecule has 11 heteroatoms. The maximum atomic E-state index is 10.5. The molecule has 2 aromatic rings. The molecule has 1 aromatic carbocycles. The number of nitrogens with zero attached hydrogens (tertiary/aromatic N) is 1. The van der Waals surface area contributed by atoms with Crippen molar-refractivity contribution in [3.63, 3.8) is 0 Å². The van der Waals surface area contributed by atoms with Crippen molar-refractivity contribution in [2.45, 2.75) is 45.2 Å². The molecule has 0 saturated heterocycles. The van der Waals surface area contributed by atoms with Gasteiger partial charge in [0.15, 0.2) is 0 Å². The number of aromatic nitrogens is 1. The summed E-state index contributed by atoms with van der Waals surface area (Å²) in [7, 11) is -4.67. The monoisotopic (exact) mass is 447 g/mol. The van der Waals surface area contributed by atoms with Gasteiger partial charge in [0.2, 0.25) is 0 Å². The highest BCUT2D eigenvalue weighted by atomic mass is 35.5. The second-order valence-corrected chi connectivity index (χ2v) is 7.95. The van der Waals surface area contributed by atoms with E-state index >= 15 is 0 Å². The van der Waals surface area contributed by atoms with Crippen LogP contribution in [0.15, 0.2) is 30.5 Å². The molecule has 0 saturated carbocycles. The molecule has 29 heavy (non-hydrogen) atoms.